The van der Waals surface area contributed by atoms with E-state index in [-0.39, 0.29) is 23.9 Å². The van der Waals surface area contributed by atoms with Gasteiger partial charge in [0.2, 0.25) is 0 Å². The number of nitrogens with one attached hydrogen (secondary N) is 1. The lowest BCUT2D eigenvalue weighted by Gasteiger charge is -2.25. The molecule has 0 saturated heterocycles. The fraction of sp³-hybridized carbons (Fsp3) is 0.562. The SMILES string of the molecule is CCC(NC(CC(C)C)C(=O)OC)c1cccc(F)c1. The summed E-state index contributed by atoms with van der Waals surface area (Å²) in [6, 6.07) is 6.05. The Morgan fingerprint density at radius 2 is 2.10 bits per heavy atom. The van der Waals surface area contributed by atoms with Gasteiger partial charge in [-0.25, -0.2) is 4.39 Å². The standard InChI is InChI=1S/C16H24FNO2/c1-5-14(12-7-6-8-13(17)10-12)18-15(9-11(2)3)16(19)20-4/h6-8,10-11,14-15,18H,5,9H2,1-4H3. The zero-order chi connectivity index (χ0) is 15.1. The molecule has 20 heavy (non-hydrogen) atoms. The molecule has 0 aliphatic carbocycles. The van der Waals surface area contributed by atoms with Gasteiger partial charge in [0.05, 0.1) is 7.11 Å². The van der Waals surface area contributed by atoms with Crippen molar-refractivity contribution in [2.75, 3.05) is 7.11 Å². The summed E-state index contributed by atoms with van der Waals surface area (Å²) in [5.41, 5.74) is 0.852. The Morgan fingerprint density at radius 3 is 2.60 bits per heavy atom. The lowest BCUT2D eigenvalue weighted by Crippen LogP contribution is -2.40. The summed E-state index contributed by atoms with van der Waals surface area (Å²) in [5, 5.41) is 3.29. The van der Waals surface area contributed by atoms with Crippen LogP contribution in [0.25, 0.3) is 0 Å². The Morgan fingerprint density at radius 1 is 1.40 bits per heavy atom. The van der Waals surface area contributed by atoms with E-state index >= 15 is 0 Å². The van der Waals surface area contributed by atoms with E-state index in [0.29, 0.717) is 12.3 Å². The van der Waals surface area contributed by atoms with Crippen LogP contribution < -0.4 is 5.32 Å². The molecular weight excluding hydrogens is 257 g/mol. The maximum Gasteiger partial charge on any atom is 0.322 e. The molecule has 2 atom stereocenters. The van der Waals surface area contributed by atoms with Crippen LogP contribution in [0.5, 0.6) is 0 Å². The molecule has 1 N–H and O–H groups in total. The van der Waals surface area contributed by atoms with E-state index < -0.39 is 0 Å². The van der Waals surface area contributed by atoms with Crippen molar-refractivity contribution >= 4 is 5.97 Å². The summed E-state index contributed by atoms with van der Waals surface area (Å²) in [5.74, 6) is -0.161. The van der Waals surface area contributed by atoms with Gasteiger partial charge in [-0.05, 0) is 36.5 Å². The predicted octanol–water partition coefficient (Wildman–Crippen LogP) is 3.45. The molecule has 1 aromatic rings. The number of hydrogen-bond donors (Lipinski definition) is 1. The van der Waals surface area contributed by atoms with Crippen LogP contribution in [0.2, 0.25) is 0 Å². The molecular formula is C16H24FNO2. The number of rotatable bonds is 7. The molecule has 2 unspecified atom stereocenters. The molecule has 0 amide bonds. The molecule has 112 valence electrons. The highest BCUT2D eigenvalue weighted by Gasteiger charge is 2.24. The van der Waals surface area contributed by atoms with E-state index in [0.717, 1.165) is 12.0 Å². The molecule has 0 bridgehead atoms. The molecule has 0 aromatic heterocycles. The van der Waals surface area contributed by atoms with Crippen LogP contribution in [0.3, 0.4) is 0 Å². The molecule has 0 heterocycles. The van der Waals surface area contributed by atoms with Crippen molar-refractivity contribution < 1.29 is 13.9 Å². The third-order valence-corrected chi connectivity index (χ3v) is 3.25. The summed E-state index contributed by atoms with van der Waals surface area (Å²) in [6.45, 7) is 6.12. The highest BCUT2D eigenvalue weighted by molar-refractivity contribution is 5.75. The largest absolute Gasteiger partial charge is 0.468 e. The zero-order valence-electron chi connectivity index (χ0n) is 12.7. The Balaban J connectivity index is 2.85. The summed E-state index contributed by atoms with van der Waals surface area (Å²) in [4.78, 5) is 11.8. The van der Waals surface area contributed by atoms with E-state index in [1.807, 2.05) is 13.0 Å². The van der Waals surface area contributed by atoms with Crippen LogP contribution >= 0.6 is 0 Å². The summed E-state index contributed by atoms with van der Waals surface area (Å²) < 4.78 is 18.2. The van der Waals surface area contributed by atoms with Gasteiger partial charge >= 0.3 is 5.97 Å². The van der Waals surface area contributed by atoms with Gasteiger partial charge in [0, 0.05) is 6.04 Å². The smallest absolute Gasteiger partial charge is 0.322 e. The number of ether oxygens (including phenoxy) is 1. The van der Waals surface area contributed by atoms with Crippen molar-refractivity contribution in [3.05, 3.63) is 35.6 Å². The normalized spacial score (nSPS) is 14.1. The first-order valence-electron chi connectivity index (χ1n) is 7.07. The molecule has 0 fully saturated rings. The molecule has 1 aromatic carbocycles. The van der Waals surface area contributed by atoms with E-state index in [1.165, 1.54) is 19.2 Å². The molecule has 0 spiro atoms. The Labute approximate surface area is 120 Å². The van der Waals surface area contributed by atoms with Crippen molar-refractivity contribution in [1.82, 2.24) is 5.32 Å². The van der Waals surface area contributed by atoms with Gasteiger partial charge < -0.3 is 4.74 Å². The van der Waals surface area contributed by atoms with Crippen molar-refractivity contribution in [2.24, 2.45) is 5.92 Å². The second-order valence-electron chi connectivity index (χ2n) is 5.39. The van der Waals surface area contributed by atoms with Gasteiger partial charge in [-0.1, -0.05) is 32.9 Å². The number of esters is 1. The lowest BCUT2D eigenvalue weighted by atomic mass is 9.99. The van der Waals surface area contributed by atoms with Gasteiger partial charge in [0.1, 0.15) is 11.9 Å². The highest BCUT2D eigenvalue weighted by Crippen LogP contribution is 2.20. The summed E-state index contributed by atoms with van der Waals surface area (Å²) in [6.07, 6.45) is 1.47. The van der Waals surface area contributed by atoms with Crippen LogP contribution in [0.1, 0.15) is 45.2 Å². The third-order valence-electron chi connectivity index (χ3n) is 3.25. The molecule has 1 rings (SSSR count). The van der Waals surface area contributed by atoms with Crippen molar-refractivity contribution in [3.63, 3.8) is 0 Å². The molecule has 0 aliphatic rings. The van der Waals surface area contributed by atoms with Crippen molar-refractivity contribution in [1.29, 1.82) is 0 Å². The van der Waals surface area contributed by atoms with Crippen LogP contribution in [0.4, 0.5) is 4.39 Å². The second kappa shape index (κ2) is 8.00. The first kappa shape index (κ1) is 16.6. The fourth-order valence-electron chi connectivity index (χ4n) is 2.26. The number of hydrogen-bond acceptors (Lipinski definition) is 3. The van der Waals surface area contributed by atoms with Crippen molar-refractivity contribution in [2.45, 2.75) is 45.7 Å². The van der Waals surface area contributed by atoms with E-state index in [4.69, 9.17) is 4.74 Å². The summed E-state index contributed by atoms with van der Waals surface area (Å²) >= 11 is 0. The molecule has 4 heteroatoms. The van der Waals surface area contributed by atoms with Gasteiger partial charge in [0.25, 0.3) is 0 Å². The average Bonchev–Trinajstić information content (AvgIpc) is 2.42. The number of carbonyl (C=O) groups is 1. The van der Waals surface area contributed by atoms with Crippen LogP contribution in [0, 0.1) is 11.7 Å². The molecule has 0 saturated carbocycles. The number of benzene rings is 1. The van der Waals surface area contributed by atoms with E-state index in [1.54, 1.807) is 6.07 Å². The maximum atomic E-state index is 13.3. The van der Waals surface area contributed by atoms with Crippen LogP contribution in [0.15, 0.2) is 24.3 Å². The van der Waals surface area contributed by atoms with E-state index in [2.05, 4.69) is 19.2 Å². The van der Waals surface area contributed by atoms with Gasteiger partial charge in [-0.3, -0.25) is 10.1 Å². The highest BCUT2D eigenvalue weighted by atomic mass is 19.1. The zero-order valence-corrected chi connectivity index (χ0v) is 12.7. The summed E-state index contributed by atoms with van der Waals surface area (Å²) in [7, 11) is 1.39. The predicted molar refractivity (Wildman–Crippen MR) is 77.8 cm³/mol. The quantitative estimate of drug-likeness (QED) is 0.778. The Bertz CT molecular complexity index is 434. The fourth-order valence-corrected chi connectivity index (χ4v) is 2.26. The molecule has 3 nitrogen and oxygen atoms in total. The Hall–Kier alpha value is -1.42. The maximum absolute atomic E-state index is 13.3. The first-order valence-corrected chi connectivity index (χ1v) is 7.07. The van der Waals surface area contributed by atoms with E-state index in [9.17, 15) is 9.18 Å². The average molecular weight is 281 g/mol. The minimum Gasteiger partial charge on any atom is -0.468 e. The molecule has 0 radical (unpaired) electrons. The minimum atomic E-state index is -0.367. The topological polar surface area (TPSA) is 38.3 Å². The van der Waals surface area contributed by atoms with Gasteiger partial charge in [-0.2, -0.15) is 0 Å². The lowest BCUT2D eigenvalue weighted by molar-refractivity contribution is -0.143. The number of halogens is 1. The van der Waals surface area contributed by atoms with Gasteiger partial charge in [0.15, 0.2) is 0 Å². The number of methoxy groups -OCH3 is 1. The monoisotopic (exact) mass is 281 g/mol. The van der Waals surface area contributed by atoms with Crippen LogP contribution in [-0.4, -0.2) is 19.1 Å². The van der Waals surface area contributed by atoms with Crippen LogP contribution in [-0.2, 0) is 9.53 Å². The molecule has 0 aliphatic heterocycles. The number of carbonyl (C=O) groups excluding carboxylic acids is 1. The first-order chi connectivity index (χ1) is 9.47. The van der Waals surface area contributed by atoms with Crippen molar-refractivity contribution in [3.8, 4) is 0 Å². The second-order valence-corrected chi connectivity index (χ2v) is 5.39. The minimum absolute atomic E-state index is 0.0615. The van der Waals surface area contributed by atoms with Gasteiger partial charge in [-0.15, -0.1) is 0 Å². The third kappa shape index (κ3) is 4.93. The Kier molecular flexibility index (Phi) is 6.65.